The van der Waals surface area contributed by atoms with Gasteiger partial charge >= 0.3 is 6.09 Å². The smallest absolute Gasteiger partial charge is 0.391 e. The first-order valence-corrected chi connectivity index (χ1v) is 5.60. The molecule has 0 aromatic heterocycles. The Bertz CT molecular complexity index is 291. The molecule has 1 saturated carbocycles. The van der Waals surface area contributed by atoms with Gasteiger partial charge in [-0.15, -0.1) is 0 Å². The summed E-state index contributed by atoms with van der Waals surface area (Å²) in [6.45, 7) is 0.841. The Morgan fingerprint density at radius 1 is 1.31 bits per heavy atom. The number of aliphatic hydroxyl groups is 1. The van der Waals surface area contributed by atoms with E-state index in [1.54, 1.807) is 0 Å². The van der Waals surface area contributed by atoms with E-state index in [4.69, 9.17) is 0 Å². The molecule has 0 bridgehead atoms. The van der Waals surface area contributed by atoms with Crippen molar-refractivity contribution in [2.24, 2.45) is 5.92 Å². The molecule has 16 heavy (non-hydrogen) atoms. The summed E-state index contributed by atoms with van der Waals surface area (Å²) < 4.78 is 0. The topological polar surface area (TPSA) is 78.9 Å². The SMILES string of the molecule is O=C(NOC(=O)N1CCCC(O)C1)C1CC1. The van der Waals surface area contributed by atoms with Crippen molar-refractivity contribution in [1.82, 2.24) is 10.4 Å². The number of nitrogens with one attached hydrogen (secondary N) is 1. The first kappa shape index (κ1) is 11.2. The summed E-state index contributed by atoms with van der Waals surface area (Å²) in [5.41, 5.74) is 2.14. The van der Waals surface area contributed by atoms with Crippen molar-refractivity contribution in [1.29, 1.82) is 0 Å². The number of carbonyl (C=O) groups is 2. The number of amides is 2. The third-order valence-corrected chi connectivity index (χ3v) is 2.84. The van der Waals surface area contributed by atoms with Gasteiger partial charge in [-0.05, 0) is 25.7 Å². The number of likely N-dealkylation sites (tertiary alicyclic amines) is 1. The van der Waals surface area contributed by atoms with Crippen LogP contribution in [0.4, 0.5) is 4.79 Å². The van der Waals surface area contributed by atoms with Crippen molar-refractivity contribution in [3.63, 3.8) is 0 Å². The van der Waals surface area contributed by atoms with E-state index in [0.29, 0.717) is 13.0 Å². The molecule has 6 heteroatoms. The van der Waals surface area contributed by atoms with E-state index in [2.05, 4.69) is 10.3 Å². The van der Waals surface area contributed by atoms with Crippen LogP contribution in [0.3, 0.4) is 0 Å². The second kappa shape index (κ2) is 4.69. The average molecular weight is 228 g/mol. The molecule has 0 radical (unpaired) electrons. The van der Waals surface area contributed by atoms with Crippen molar-refractivity contribution in [3.05, 3.63) is 0 Å². The molecule has 1 aliphatic heterocycles. The van der Waals surface area contributed by atoms with E-state index in [-0.39, 0.29) is 18.4 Å². The maximum Gasteiger partial charge on any atom is 0.434 e. The molecule has 2 fully saturated rings. The number of aliphatic hydroxyl groups excluding tert-OH is 1. The van der Waals surface area contributed by atoms with Gasteiger partial charge in [-0.2, -0.15) is 5.48 Å². The molecule has 1 aliphatic carbocycles. The summed E-state index contributed by atoms with van der Waals surface area (Å²) in [5, 5.41) is 9.37. The van der Waals surface area contributed by atoms with Gasteiger partial charge in [0.15, 0.2) is 0 Å². The number of carbonyl (C=O) groups excluding carboxylic acids is 2. The van der Waals surface area contributed by atoms with Crippen molar-refractivity contribution >= 4 is 12.0 Å². The predicted octanol–water partition coefficient (Wildman–Crippen LogP) is 0.0209. The summed E-state index contributed by atoms with van der Waals surface area (Å²) >= 11 is 0. The monoisotopic (exact) mass is 228 g/mol. The zero-order chi connectivity index (χ0) is 11.5. The van der Waals surface area contributed by atoms with Crippen molar-refractivity contribution < 1.29 is 19.5 Å². The molecule has 2 aliphatic rings. The Morgan fingerprint density at radius 2 is 2.06 bits per heavy atom. The second-order valence-corrected chi connectivity index (χ2v) is 4.35. The van der Waals surface area contributed by atoms with Crippen molar-refractivity contribution in [2.45, 2.75) is 31.8 Å². The molecule has 2 N–H and O–H groups in total. The van der Waals surface area contributed by atoms with Gasteiger partial charge in [0.1, 0.15) is 0 Å². The first-order chi connectivity index (χ1) is 7.66. The number of β-amino-alcohol motifs (C(OH)–C–C–N with tert-alkyl or cyclic N) is 1. The van der Waals surface area contributed by atoms with Crippen LogP contribution in [0, 0.1) is 5.92 Å². The molecule has 6 nitrogen and oxygen atoms in total. The molecular weight excluding hydrogens is 212 g/mol. The third kappa shape index (κ3) is 2.85. The summed E-state index contributed by atoms with van der Waals surface area (Å²) in [4.78, 5) is 28.7. The minimum atomic E-state index is -0.590. The standard InChI is InChI=1S/C10H16N2O4/c13-8-2-1-5-12(6-8)10(15)16-11-9(14)7-3-4-7/h7-8,13H,1-6H2,(H,11,14). The van der Waals surface area contributed by atoms with Gasteiger partial charge in [0.2, 0.25) is 0 Å². The highest BCUT2D eigenvalue weighted by molar-refractivity contribution is 5.81. The van der Waals surface area contributed by atoms with Crippen LogP contribution in [-0.2, 0) is 9.63 Å². The van der Waals surface area contributed by atoms with Crippen LogP contribution in [0.25, 0.3) is 0 Å². The molecule has 1 unspecified atom stereocenters. The van der Waals surface area contributed by atoms with Gasteiger partial charge in [-0.3, -0.25) is 4.79 Å². The van der Waals surface area contributed by atoms with Gasteiger partial charge in [-0.25, -0.2) is 4.79 Å². The van der Waals surface area contributed by atoms with E-state index in [9.17, 15) is 14.7 Å². The summed E-state index contributed by atoms with van der Waals surface area (Å²) in [5.74, 6) is -0.217. The lowest BCUT2D eigenvalue weighted by atomic mass is 10.1. The Kier molecular flexibility index (Phi) is 3.28. The number of piperidine rings is 1. The fourth-order valence-electron chi connectivity index (χ4n) is 1.71. The largest absolute Gasteiger partial charge is 0.434 e. The lowest BCUT2D eigenvalue weighted by Gasteiger charge is -2.28. The molecule has 0 aromatic carbocycles. The van der Waals surface area contributed by atoms with Gasteiger partial charge < -0.3 is 14.8 Å². The Morgan fingerprint density at radius 3 is 2.69 bits per heavy atom. The number of hydrogen-bond donors (Lipinski definition) is 2. The highest BCUT2D eigenvalue weighted by Gasteiger charge is 2.31. The number of nitrogens with zero attached hydrogens (tertiary/aromatic N) is 1. The van der Waals surface area contributed by atoms with Crippen LogP contribution >= 0.6 is 0 Å². The predicted molar refractivity (Wildman–Crippen MR) is 54.2 cm³/mol. The Labute approximate surface area is 93.5 Å². The minimum Gasteiger partial charge on any atom is -0.391 e. The Balaban J connectivity index is 1.71. The molecule has 2 amide bonds. The summed E-state index contributed by atoms with van der Waals surface area (Å²) in [7, 11) is 0. The number of hydroxylamine groups is 1. The molecule has 90 valence electrons. The zero-order valence-corrected chi connectivity index (χ0v) is 9.02. The normalized spacial score (nSPS) is 25.1. The maximum atomic E-state index is 11.5. The van der Waals surface area contributed by atoms with E-state index < -0.39 is 12.2 Å². The van der Waals surface area contributed by atoms with Gasteiger partial charge in [0, 0.05) is 19.0 Å². The fraction of sp³-hybridized carbons (Fsp3) is 0.800. The van der Waals surface area contributed by atoms with Crippen LogP contribution in [0.1, 0.15) is 25.7 Å². The maximum absolute atomic E-state index is 11.5. The van der Waals surface area contributed by atoms with Crippen LogP contribution in [0.15, 0.2) is 0 Å². The van der Waals surface area contributed by atoms with Gasteiger partial charge in [0.25, 0.3) is 5.91 Å². The van der Waals surface area contributed by atoms with E-state index in [0.717, 1.165) is 19.3 Å². The lowest BCUT2D eigenvalue weighted by molar-refractivity contribution is -0.131. The molecular formula is C10H16N2O4. The molecule has 2 rings (SSSR count). The molecule has 0 spiro atoms. The average Bonchev–Trinajstić information content (AvgIpc) is 3.09. The van der Waals surface area contributed by atoms with Crippen LogP contribution in [0.2, 0.25) is 0 Å². The van der Waals surface area contributed by atoms with Crippen LogP contribution in [-0.4, -0.2) is 41.2 Å². The van der Waals surface area contributed by atoms with Crippen LogP contribution in [0.5, 0.6) is 0 Å². The lowest BCUT2D eigenvalue weighted by Crippen LogP contribution is -2.44. The van der Waals surface area contributed by atoms with Crippen LogP contribution < -0.4 is 5.48 Å². The summed E-state index contributed by atoms with van der Waals surface area (Å²) in [6, 6.07) is 0. The molecule has 1 saturated heterocycles. The third-order valence-electron chi connectivity index (χ3n) is 2.84. The molecule has 1 heterocycles. The van der Waals surface area contributed by atoms with E-state index in [1.165, 1.54) is 4.90 Å². The van der Waals surface area contributed by atoms with Crippen molar-refractivity contribution in [3.8, 4) is 0 Å². The second-order valence-electron chi connectivity index (χ2n) is 4.35. The zero-order valence-electron chi connectivity index (χ0n) is 9.02. The Hall–Kier alpha value is -1.30. The van der Waals surface area contributed by atoms with Gasteiger partial charge in [0.05, 0.1) is 6.10 Å². The molecule has 1 atom stereocenters. The number of hydrogen-bond acceptors (Lipinski definition) is 4. The fourth-order valence-corrected chi connectivity index (χ4v) is 1.71. The van der Waals surface area contributed by atoms with Crippen molar-refractivity contribution in [2.75, 3.05) is 13.1 Å². The minimum absolute atomic E-state index is 0.0137. The highest BCUT2D eigenvalue weighted by Crippen LogP contribution is 2.28. The summed E-state index contributed by atoms with van der Waals surface area (Å²) in [6.07, 6.45) is 2.12. The van der Waals surface area contributed by atoms with Gasteiger partial charge in [-0.1, -0.05) is 0 Å². The quantitative estimate of drug-likeness (QED) is 0.620. The van der Waals surface area contributed by atoms with E-state index in [1.807, 2.05) is 0 Å². The number of rotatable bonds is 1. The first-order valence-electron chi connectivity index (χ1n) is 5.60. The molecule has 0 aromatic rings. The van der Waals surface area contributed by atoms with E-state index >= 15 is 0 Å². The highest BCUT2D eigenvalue weighted by atomic mass is 16.7.